The molecule has 0 fully saturated rings. The van der Waals surface area contributed by atoms with Crippen molar-refractivity contribution in [3.8, 4) is 11.5 Å². The summed E-state index contributed by atoms with van der Waals surface area (Å²) in [6.07, 6.45) is 1.13. The molecular weight excluding hydrogens is 347 g/mol. The van der Waals surface area contributed by atoms with Crippen molar-refractivity contribution in [1.29, 1.82) is 0 Å². The molecule has 20 heavy (non-hydrogen) atoms. The number of benzene rings is 2. The van der Waals surface area contributed by atoms with Crippen LogP contribution in [0.3, 0.4) is 0 Å². The van der Waals surface area contributed by atoms with Gasteiger partial charge in [-0.3, -0.25) is 0 Å². The number of alkyl halides is 1. The molecule has 2 aromatic rings. The van der Waals surface area contributed by atoms with Gasteiger partial charge < -0.3 is 4.74 Å². The van der Waals surface area contributed by atoms with E-state index in [0.29, 0.717) is 22.4 Å². The molecular formula is C14H12BrFO3S. The van der Waals surface area contributed by atoms with E-state index in [1.54, 1.807) is 12.1 Å². The van der Waals surface area contributed by atoms with Crippen LogP contribution in [0, 0.1) is 5.82 Å². The lowest BCUT2D eigenvalue weighted by atomic mass is 10.2. The van der Waals surface area contributed by atoms with Crippen molar-refractivity contribution in [1.82, 2.24) is 0 Å². The summed E-state index contributed by atoms with van der Waals surface area (Å²) in [5.41, 5.74) is 0.648. The number of halogens is 2. The average molecular weight is 359 g/mol. The highest BCUT2D eigenvalue weighted by Gasteiger charge is 2.10. The predicted octanol–water partition coefficient (Wildman–Crippen LogP) is 3.92. The highest BCUT2D eigenvalue weighted by Crippen LogP contribution is 2.28. The first kappa shape index (κ1) is 15.0. The minimum Gasteiger partial charge on any atom is -0.457 e. The van der Waals surface area contributed by atoms with Gasteiger partial charge in [-0.1, -0.05) is 22.0 Å². The standard InChI is InChI=1S/C14H12BrFO3S/c1-20(17,18)13-4-2-3-12(8-13)19-14-6-5-11(16)7-10(14)9-15/h2-8H,9H2,1H3. The Morgan fingerprint density at radius 3 is 2.60 bits per heavy atom. The third-order valence-electron chi connectivity index (χ3n) is 2.63. The van der Waals surface area contributed by atoms with Gasteiger partial charge in [-0.25, -0.2) is 12.8 Å². The maximum atomic E-state index is 13.1. The quantitative estimate of drug-likeness (QED) is 0.778. The van der Waals surface area contributed by atoms with Crippen LogP contribution in [-0.4, -0.2) is 14.7 Å². The Morgan fingerprint density at radius 2 is 1.95 bits per heavy atom. The second-order valence-corrected chi connectivity index (χ2v) is 6.81. The third-order valence-corrected chi connectivity index (χ3v) is 4.34. The van der Waals surface area contributed by atoms with Gasteiger partial charge in [-0.15, -0.1) is 0 Å². The molecule has 0 bridgehead atoms. The molecule has 0 radical (unpaired) electrons. The van der Waals surface area contributed by atoms with Crippen LogP contribution in [-0.2, 0) is 15.2 Å². The molecule has 6 heteroatoms. The van der Waals surface area contributed by atoms with Crippen LogP contribution in [0.25, 0.3) is 0 Å². The zero-order valence-electron chi connectivity index (χ0n) is 10.6. The summed E-state index contributed by atoms with van der Waals surface area (Å²) in [7, 11) is -3.29. The topological polar surface area (TPSA) is 43.4 Å². The van der Waals surface area contributed by atoms with Gasteiger partial charge in [0.25, 0.3) is 0 Å². The van der Waals surface area contributed by atoms with Crippen molar-refractivity contribution in [2.75, 3.05) is 6.26 Å². The van der Waals surface area contributed by atoms with Gasteiger partial charge in [0, 0.05) is 17.1 Å². The van der Waals surface area contributed by atoms with Crippen LogP contribution in [0.15, 0.2) is 47.4 Å². The van der Waals surface area contributed by atoms with Crippen LogP contribution in [0.5, 0.6) is 11.5 Å². The second kappa shape index (κ2) is 5.93. The van der Waals surface area contributed by atoms with Gasteiger partial charge in [0.15, 0.2) is 9.84 Å². The van der Waals surface area contributed by atoms with Crippen molar-refractivity contribution in [2.24, 2.45) is 0 Å². The molecule has 0 aliphatic heterocycles. The molecule has 0 N–H and O–H groups in total. The Hall–Kier alpha value is -1.40. The van der Waals surface area contributed by atoms with Gasteiger partial charge in [0.05, 0.1) is 4.90 Å². The SMILES string of the molecule is CS(=O)(=O)c1cccc(Oc2ccc(F)cc2CBr)c1. The largest absolute Gasteiger partial charge is 0.457 e. The second-order valence-electron chi connectivity index (χ2n) is 4.23. The predicted molar refractivity (Wildman–Crippen MR) is 78.7 cm³/mol. The first-order valence-corrected chi connectivity index (χ1v) is 8.74. The summed E-state index contributed by atoms with van der Waals surface area (Å²) in [6, 6.07) is 10.4. The number of hydrogen-bond donors (Lipinski definition) is 0. The minimum absolute atomic E-state index is 0.178. The van der Waals surface area contributed by atoms with Crippen LogP contribution in [0.1, 0.15) is 5.56 Å². The fourth-order valence-corrected chi connectivity index (χ4v) is 2.74. The zero-order chi connectivity index (χ0) is 14.8. The molecule has 0 unspecified atom stereocenters. The van der Waals surface area contributed by atoms with E-state index in [-0.39, 0.29) is 10.7 Å². The van der Waals surface area contributed by atoms with Crippen LogP contribution < -0.4 is 4.74 Å². The average Bonchev–Trinajstić information content (AvgIpc) is 2.40. The maximum absolute atomic E-state index is 13.1. The molecule has 0 aliphatic carbocycles. The highest BCUT2D eigenvalue weighted by atomic mass is 79.9. The number of ether oxygens (including phenoxy) is 1. The van der Waals surface area contributed by atoms with Gasteiger partial charge in [-0.2, -0.15) is 0 Å². The Bertz CT molecular complexity index is 729. The lowest BCUT2D eigenvalue weighted by Gasteiger charge is -2.10. The van der Waals surface area contributed by atoms with E-state index in [2.05, 4.69) is 15.9 Å². The molecule has 0 spiro atoms. The fourth-order valence-electron chi connectivity index (χ4n) is 1.65. The maximum Gasteiger partial charge on any atom is 0.175 e. The summed E-state index contributed by atoms with van der Waals surface area (Å²) in [6.45, 7) is 0. The molecule has 3 nitrogen and oxygen atoms in total. The first-order valence-electron chi connectivity index (χ1n) is 5.72. The van der Waals surface area contributed by atoms with Gasteiger partial charge in [0.1, 0.15) is 17.3 Å². The third kappa shape index (κ3) is 3.58. The normalized spacial score (nSPS) is 11.3. The van der Waals surface area contributed by atoms with E-state index >= 15 is 0 Å². The minimum atomic E-state index is -3.29. The van der Waals surface area contributed by atoms with Crippen LogP contribution in [0.2, 0.25) is 0 Å². The van der Waals surface area contributed by atoms with E-state index in [1.807, 2.05) is 0 Å². The summed E-state index contributed by atoms with van der Waals surface area (Å²) >= 11 is 3.26. The number of hydrogen-bond acceptors (Lipinski definition) is 3. The zero-order valence-corrected chi connectivity index (χ0v) is 13.0. The van der Waals surface area contributed by atoms with Crippen LogP contribution in [0.4, 0.5) is 4.39 Å². The van der Waals surface area contributed by atoms with Gasteiger partial charge in [0.2, 0.25) is 0 Å². The molecule has 0 saturated heterocycles. The highest BCUT2D eigenvalue weighted by molar-refractivity contribution is 9.08. The van der Waals surface area contributed by atoms with Crippen molar-refractivity contribution < 1.29 is 17.5 Å². The molecule has 0 aromatic heterocycles. The summed E-state index contributed by atoms with van der Waals surface area (Å²) < 4.78 is 41.8. The van der Waals surface area contributed by atoms with Gasteiger partial charge >= 0.3 is 0 Å². The Kier molecular flexibility index (Phi) is 4.45. The monoisotopic (exact) mass is 358 g/mol. The molecule has 2 aromatic carbocycles. The first-order chi connectivity index (χ1) is 9.40. The molecule has 106 valence electrons. The van der Waals surface area contributed by atoms with E-state index < -0.39 is 9.84 Å². The Morgan fingerprint density at radius 1 is 1.20 bits per heavy atom. The number of sulfone groups is 1. The van der Waals surface area contributed by atoms with Crippen molar-refractivity contribution in [3.63, 3.8) is 0 Å². The van der Waals surface area contributed by atoms with Crippen LogP contribution >= 0.6 is 15.9 Å². The Balaban J connectivity index is 2.36. The lowest BCUT2D eigenvalue weighted by molar-refractivity contribution is 0.474. The van der Waals surface area contributed by atoms with Crippen molar-refractivity contribution >= 4 is 25.8 Å². The van der Waals surface area contributed by atoms with E-state index in [4.69, 9.17) is 4.74 Å². The van der Waals surface area contributed by atoms with E-state index in [0.717, 1.165) is 6.26 Å². The summed E-state index contributed by atoms with van der Waals surface area (Å²) in [5, 5.41) is 0.436. The van der Waals surface area contributed by atoms with Gasteiger partial charge in [-0.05, 0) is 36.4 Å². The summed E-state index contributed by atoms with van der Waals surface area (Å²) in [4.78, 5) is 0.178. The molecule has 0 heterocycles. The lowest BCUT2D eigenvalue weighted by Crippen LogP contribution is -1.97. The fraction of sp³-hybridized carbons (Fsp3) is 0.143. The molecule has 0 atom stereocenters. The molecule has 2 rings (SSSR count). The number of rotatable bonds is 4. The Labute approximate surface area is 125 Å². The molecule has 0 amide bonds. The van der Waals surface area contributed by atoms with E-state index in [1.165, 1.54) is 30.3 Å². The van der Waals surface area contributed by atoms with Crippen molar-refractivity contribution in [2.45, 2.75) is 10.2 Å². The summed E-state index contributed by atoms with van der Waals surface area (Å²) in [5.74, 6) is 0.521. The molecule has 0 aliphatic rings. The smallest absolute Gasteiger partial charge is 0.175 e. The van der Waals surface area contributed by atoms with E-state index in [9.17, 15) is 12.8 Å². The van der Waals surface area contributed by atoms with Crippen molar-refractivity contribution in [3.05, 3.63) is 53.8 Å². The molecule has 0 saturated carbocycles.